The Labute approximate surface area is 96.4 Å². The van der Waals surface area contributed by atoms with Crippen LogP contribution in [0.25, 0.3) is 11.5 Å². The number of amides is 1. The molecule has 1 amide bonds. The molecule has 1 heterocycles. The molecule has 1 aromatic carbocycles. The molecular weight excluding hydrogens is 224 g/mol. The van der Waals surface area contributed by atoms with Crippen molar-refractivity contribution in [1.29, 1.82) is 0 Å². The first-order valence-electron chi connectivity index (χ1n) is 4.69. The minimum absolute atomic E-state index is 0.149. The van der Waals surface area contributed by atoms with Crippen molar-refractivity contribution in [2.45, 2.75) is 0 Å². The summed E-state index contributed by atoms with van der Waals surface area (Å²) in [7, 11) is 1.49. The highest BCUT2D eigenvalue weighted by molar-refractivity contribution is 5.89. The highest BCUT2D eigenvalue weighted by Crippen LogP contribution is 2.30. The predicted molar refractivity (Wildman–Crippen MR) is 59.2 cm³/mol. The van der Waals surface area contributed by atoms with Gasteiger partial charge in [0.2, 0.25) is 0 Å². The Morgan fingerprint density at radius 1 is 1.47 bits per heavy atom. The molecule has 0 radical (unpaired) electrons. The van der Waals surface area contributed by atoms with Gasteiger partial charge in [-0.25, -0.2) is 0 Å². The van der Waals surface area contributed by atoms with Gasteiger partial charge >= 0.3 is 0 Å². The average Bonchev–Trinajstić information content (AvgIpc) is 2.78. The molecular formula is C10H10N4O3. The second-order valence-electron chi connectivity index (χ2n) is 3.25. The predicted octanol–water partition coefficient (Wildman–Crippen LogP) is 0.426. The van der Waals surface area contributed by atoms with Gasteiger partial charge in [0.15, 0.2) is 0 Å². The van der Waals surface area contributed by atoms with E-state index >= 15 is 0 Å². The quantitative estimate of drug-likeness (QED) is 0.743. The molecule has 0 spiro atoms. The fourth-order valence-electron chi connectivity index (χ4n) is 1.32. The first kappa shape index (κ1) is 10.9. The molecule has 0 fully saturated rings. The molecule has 0 aliphatic heterocycles. The molecule has 4 N–H and O–H groups in total. The van der Waals surface area contributed by atoms with Crippen LogP contribution in [0.4, 0.5) is 5.69 Å². The van der Waals surface area contributed by atoms with Crippen molar-refractivity contribution in [2.75, 3.05) is 12.8 Å². The number of carbonyl (C=O) groups excluding carboxylic acids is 1. The highest BCUT2D eigenvalue weighted by atomic mass is 16.5. The van der Waals surface area contributed by atoms with Crippen LogP contribution in [0.1, 0.15) is 10.6 Å². The summed E-state index contributed by atoms with van der Waals surface area (Å²) in [6.45, 7) is 0. The Kier molecular flexibility index (Phi) is 2.65. The van der Waals surface area contributed by atoms with Gasteiger partial charge in [-0.3, -0.25) is 4.79 Å². The summed E-state index contributed by atoms with van der Waals surface area (Å²) < 4.78 is 10.0. The Hall–Kier alpha value is -2.57. The molecule has 0 atom stereocenters. The van der Waals surface area contributed by atoms with E-state index in [9.17, 15) is 4.79 Å². The van der Waals surface area contributed by atoms with E-state index in [2.05, 4.69) is 10.1 Å². The molecule has 88 valence electrons. The molecule has 0 saturated heterocycles. The van der Waals surface area contributed by atoms with E-state index < -0.39 is 5.91 Å². The second kappa shape index (κ2) is 4.12. The Morgan fingerprint density at radius 2 is 2.24 bits per heavy atom. The zero-order valence-corrected chi connectivity index (χ0v) is 9.01. The maximum atomic E-state index is 10.8. The number of nitrogen functional groups attached to an aromatic ring is 1. The third-order valence-electron chi connectivity index (χ3n) is 2.10. The Balaban J connectivity index is 2.48. The third kappa shape index (κ3) is 2.03. The van der Waals surface area contributed by atoms with Crippen molar-refractivity contribution in [3.8, 4) is 17.2 Å². The number of carbonyl (C=O) groups is 1. The summed E-state index contributed by atoms with van der Waals surface area (Å²) in [4.78, 5) is 14.7. The lowest BCUT2D eigenvalue weighted by Gasteiger charge is -2.05. The number of ether oxygens (including phenoxy) is 1. The topological polar surface area (TPSA) is 117 Å². The summed E-state index contributed by atoms with van der Waals surface area (Å²) in [5, 5.41) is 3.44. The first-order valence-corrected chi connectivity index (χ1v) is 4.69. The lowest BCUT2D eigenvalue weighted by molar-refractivity contribution is 0.0987. The van der Waals surface area contributed by atoms with Crippen LogP contribution in [-0.4, -0.2) is 23.2 Å². The number of aromatic nitrogens is 2. The molecule has 7 nitrogen and oxygen atoms in total. The first-order chi connectivity index (χ1) is 8.11. The molecule has 2 rings (SSSR count). The molecule has 1 aromatic heterocycles. The van der Waals surface area contributed by atoms with Crippen molar-refractivity contribution >= 4 is 11.6 Å². The minimum atomic E-state index is -0.755. The smallest absolute Gasteiger partial charge is 0.290 e. The number of primary amides is 1. The van der Waals surface area contributed by atoms with E-state index in [1.165, 1.54) is 7.11 Å². The zero-order valence-electron chi connectivity index (χ0n) is 9.01. The van der Waals surface area contributed by atoms with Crippen LogP contribution in [0, 0.1) is 0 Å². The standard InChI is InChI=1S/C10H10N4O3/c1-16-7-4-5(11)2-3-6(7)10-13-9(8(12)15)14-17-10/h2-4H,11H2,1H3,(H2,12,15). The van der Waals surface area contributed by atoms with E-state index in [0.717, 1.165) is 0 Å². The van der Waals surface area contributed by atoms with Gasteiger partial charge in [-0.2, -0.15) is 4.98 Å². The minimum Gasteiger partial charge on any atom is -0.496 e. The summed E-state index contributed by atoms with van der Waals surface area (Å²) in [6.07, 6.45) is 0. The number of nitrogens with zero attached hydrogens (tertiary/aromatic N) is 2. The fraction of sp³-hybridized carbons (Fsp3) is 0.100. The summed E-state index contributed by atoms with van der Waals surface area (Å²) in [5.74, 6) is -0.311. The van der Waals surface area contributed by atoms with Gasteiger partial charge in [-0.05, 0) is 12.1 Å². The van der Waals surface area contributed by atoms with Gasteiger partial charge in [-0.1, -0.05) is 5.16 Å². The number of hydrogen-bond donors (Lipinski definition) is 2. The summed E-state index contributed by atoms with van der Waals surface area (Å²) in [5.41, 5.74) is 11.7. The lowest BCUT2D eigenvalue weighted by atomic mass is 10.2. The van der Waals surface area contributed by atoms with Crippen molar-refractivity contribution in [3.63, 3.8) is 0 Å². The highest BCUT2D eigenvalue weighted by Gasteiger charge is 2.16. The molecule has 0 bridgehead atoms. The maximum absolute atomic E-state index is 10.8. The molecule has 7 heteroatoms. The van der Waals surface area contributed by atoms with Crippen molar-refractivity contribution in [3.05, 3.63) is 24.0 Å². The largest absolute Gasteiger partial charge is 0.496 e. The van der Waals surface area contributed by atoms with E-state index in [1.807, 2.05) is 0 Å². The van der Waals surface area contributed by atoms with Gasteiger partial charge in [0, 0.05) is 11.8 Å². The van der Waals surface area contributed by atoms with Gasteiger partial charge in [0.1, 0.15) is 5.75 Å². The Bertz CT molecular complexity index is 564. The number of benzene rings is 1. The van der Waals surface area contributed by atoms with E-state index in [1.54, 1.807) is 18.2 Å². The number of hydrogen-bond acceptors (Lipinski definition) is 6. The van der Waals surface area contributed by atoms with Crippen LogP contribution in [0.2, 0.25) is 0 Å². The van der Waals surface area contributed by atoms with Crippen LogP contribution in [0.5, 0.6) is 5.75 Å². The zero-order chi connectivity index (χ0) is 12.4. The summed E-state index contributed by atoms with van der Waals surface area (Å²) >= 11 is 0. The SMILES string of the molecule is COc1cc(N)ccc1-c1nc(C(N)=O)no1. The third-order valence-corrected chi connectivity index (χ3v) is 2.10. The molecule has 0 saturated carbocycles. The van der Waals surface area contributed by atoms with E-state index in [-0.39, 0.29) is 11.7 Å². The van der Waals surface area contributed by atoms with Crippen LogP contribution >= 0.6 is 0 Å². The van der Waals surface area contributed by atoms with Crippen LogP contribution in [0.3, 0.4) is 0 Å². The summed E-state index contributed by atoms with van der Waals surface area (Å²) in [6, 6.07) is 4.93. The number of rotatable bonds is 3. The maximum Gasteiger partial charge on any atom is 0.290 e. The number of nitrogens with two attached hydrogens (primary N) is 2. The second-order valence-corrected chi connectivity index (χ2v) is 3.25. The van der Waals surface area contributed by atoms with E-state index in [0.29, 0.717) is 17.0 Å². The van der Waals surface area contributed by atoms with Crippen LogP contribution in [0.15, 0.2) is 22.7 Å². The van der Waals surface area contributed by atoms with Crippen molar-refractivity contribution < 1.29 is 14.1 Å². The van der Waals surface area contributed by atoms with E-state index in [4.69, 9.17) is 20.7 Å². The van der Waals surface area contributed by atoms with Gasteiger partial charge in [0.05, 0.1) is 12.7 Å². The van der Waals surface area contributed by atoms with Crippen molar-refractivity contribution in [1.82, 2.24) is 10.1 Å². The fourth-order valence-corrected chi connectivity index (χ4v) is 1.32. The Morgan fingerprint density at radius 3 is 2.82 bits per heavy atom. The average molecular weight is 234 g/mol. The molecule has 0 aliphatic carbocycles. The molecule has 0 aliphatic rings. The van der Waals surface area contributed by atoms with Crippen LogP contribution in [-0.2, 0) is 0 Å². The number of methoxy groups -OCH3 is 1. The lowest BCUT2D eigenvalue weighted by Crippen LogP contribution is -2.12. The molecule has 17 heavy (non-hydrogen) atoms. The molecule has 2 aromatic rings. The monoisotopic (exact) mass is 234 g/mol. The van der Waals surface area contributed by atoms with Crippen molar-refractivity contribution in [2.24, 2.45) is 5.73 Å². The van der Waals surface area contributed by atoms with Crippen LogP contribution < -0.4 is 16.2 Å². The van der Waals surface area contributed by atoms with Gasteiger partial charge in [0.25, 0.3) is 17.6 Å². The number of anilines is 1. The normalized spacial score (nSPS) is 10.2. The van der Waals surface area contributed by atoms with Gasteiger partial charge < -0.3 is 20.7 Å². The van der Waals surface area contributed by atoms with Gasteiger partial charge in [-0.15, -0.1) is 0 Å². The molecule has 0 unspecified atom stereocenters.